The van der Waals surface area contributed by atoms with Gasteiger partial charge in [0.2, 0.25) is 0 Å². The van der Waals surface area contributed by atoms with Crippen molar-refractivity contribution in [2.75, 3.05) is 45.8 Å². The number of aromatic nitrogens is 2. The summed E-state index contributed by atoms with van der Waals surface area (Å²) in [6, 6.07) is 0.472. The number of imidazole rings is 1. The maximum absolute atomic E-state index is 4.96. The molecule has 3 atom stereocenters. The number of piperidine rings is 2. The first-order valence-electron chi connectivity index (χ1n) is 10.9. The predicted molar refractivity (Wildman–Crippen MR) is 127 cm³/mol. The average molecular weight is 502 g/mol. The molecule has 2 aliphatic rings. The summed E-state index contributed by atoms with van der Waals surface area (Å²) in [6.45, 7) is 14.5. The summed E-state index contributed by atoms with van der Waals surface area (Å²) in [6.07, 6.45) is 11.0. The summed E-state index contributed by atoms with van der Waals surface area (Å²) in [5.41, 5.74) is 0. The second-order valence-corrected chi connectivity index (χ2v) is 8.43. The Morgan fingerprint density at radius 3 is 2.79 bits per heavy atom. The van der Waals surface area contributed by atoms with Gasteiger partial charge < -0.3 is 19.7 Å². The summed E-state index contributed by atoms with van der Waals surface area (Å²) >= 11 is 0. The molecule has 0 bridgehead atoms. The largest absolute Gasteiger partial charge is 0.357 e. The number of nitrogens with zero attached hydrogens (tertiary/aromatic N) is 5. The number of rotatable bonds is 6. The summed E-state index contributed by atoms with van der Waals surface area (Å²) in [4.78, 5) is 14.3. The van der Waals surface area contributed by atoms with Crippen molar-refractivity contribution in [2.45, 2.75) is 52.5 Å². The molecule has 6 nitrogen and oxygen atoms in total. The van der Waals surface area contributed by atoms with Gasteiger partial charge in [-0.2, -0.15) is 0 Å². The molecule has 2 fully saturated rings. The van der Waals surface area contributed by atoms with E-state index < -0.39 is 0 Å². The molecule has 0 spiro atoms. The van der Waals surface area contributed by atoms with Gasteiger partial charge in [0, 0.05) is 45.1 Å². The molecule has 1 N–H and O–H groups in total. The standard InChI is InChI=1S/C21H38N6.HI/c1-4-23-21(24-9-6-12-25-11-5-7-18(2)15-25)26-13-8-19(3)20(16-26)27-14-10-22-17-27;/h10,14,17-20H,4-9,11-13,15-16H2,1-3H3,(H,23,24);1H. The van der Waals surface area contributed by atoms with Crippen molar-refractivity contribution in [3.8, 4) is 0 Å². The van der Waals surface area contributed by atoms with E-state index in [1.165, 1.54) is 38.9 Å². The minimum Gasteiger partial charge on any atom is -0.357 e. The first kappa shape index (κ1) is 23.4. The Bertz CT molecular complexity index is 575. The van der Waals surface area contributed by atoms with E-state index >= 15 is 0 Å². The topological polar surface area (TPSA) is 48.7 Å². The average Bonchev–Trinajstić information content (AvgIpc) is 3.19. The van der Waals surface area contributed by atoms with Crippen LogP contribution in [0.4, 0.5) is 0 Å². The van der Waals surface area contributed by atoms with Gasteiger partial charge in [-0.25, -0.2) is 4.98 Å². The first-order chi connectivity index (χ1) is 13.2. The SMILES string of the molecule is CCNC(=NCCCN1CCCC(C)C1)N1CCC(C)C(n2ccnc2)C1.I. The Balaban J connectivity index is 0.00000280. The van der Waals surface area contributed by atoms with Crippen molar-refractivity contribution in [1.82, 2.24) is 24.7 Å². The van der Waals surface area contributed by atoms with Crippen molar-refractivity contribution < 1.29 is 0 Å². The van der Waals surface area contributed by atoms with Crippen LogP contribution in [0.25, 0.3) is 0 Å². The minimum absolute atomic E-state index is 0. The molecule has 3 unspecified atom stereocenters. The van der Waals surface area contributed by atoms with Crippen LogP contribution in [-0.2, 0) is 0 Å². The van der Waals surface area contributed by atoms with Crippen LogP contribution in [0.5, 0.6) is 0 Å². The molecule has 0 amide bonds. The number of aliphatic imine (C=N–C) groups is 1. The van der Waals surface area contributed by atoms with Gasteiger partial charge in [-0.1, -0.05) is 13.8 Å². The fraction of sp³-hybridized carbons (Fsp3) is 0.810. The van der Waals surface area contributed by atoms with Crippen molar-refractivity contribution in [3.63, 3.8) is 0 Å². The third kappa shape index (κ3) is 6.61. The summed E-state index contributed by atoms with van der Waals surface area (Å²) in [5, 5.41) is 3.52. The van der Waals surface area contributed by atoms with Crippen LogP contribution in [0.15, 0.2) is 23.7 Å². The highest BCUT2D eigenvalue weighted by Gasteiger charge is 2.28. The maximum atomic E-state index is 4.96. The van der Waals surface area contributed by atoms with Crippen molar-refractivity contribution in [1.29, 1.82) is 0 Å². The van der Waals surface area contributed by atoms with E-state index in [4.69, 9.17) is 4.99 Å². The Hall–Kier alpha value is -0.830. The second kappa shape index (κ2) is 12.0. The lowest BCUT2D eigenvalue weighted by molar-refractivity contribution is 0.182. The molecule has 1 aromatic rings. The predicted octanol–water partition coefficient (Wildman–Crippen LogP) is 3.47. The molecule has 7 heteroatoms. The Labute approximate surface area is 188 Å². The zero-order valence-corrected chi connectivity index (χ0v) is 20.2. The second-order valence-electron chi connectivity index (χ2n) is 8.43. The van der Waals surface area contributed by atoms with Gasteiger partial charge in [0.25, 0.3) is 0 Å². The molecule has 160 valence electrons. The molecule has 1 aromatic heterocycles. The number of hydrogen-bond donors (Lipinski definition) is 1. The highest BCUT2D eigenvalue weighted by atomic mass is 127. The minimum atomic E-state index is 0. The molecule has 2 saturated heterocycles. The number of halogens is 1. The van der Waals surface area contributed by atoms with E-state index in [9.17, 15) is 0 Å². The van der Waals surface area contributed by atoms with Crippen LogP contribution < -0.4 is 5.32 Å². The summed E-state index contributed by atoms with van der Waals surface area (Å²) < 4.78 is 2.26. The fourth-order valence-electron chi connectivity index (χ4n) is 4.49. The van der Waals surface area contributed by atoms with Gasteiger partial charge in [-0.15, -0.1) is 24.0 Å². The summed E-state index contributed by atoms with van der Waals surface area (Å²) in [5.74, 6) is 2.61. The third-order valence-electron chi connectivity index (χ3n) is 6.10. The van der Waals surface area contributed by atoms with Crippen LogP contribution in [0.2, 0.25) is 0 Å². The van der Waals surface area contributed by atoms with Crippen LogP contribution in [0.1, 0.15) is 52.5 Å². The van der Waals surface area contributed by atoms with Gasteiger partial charge in [-0.3, -0.25) is 4.99 Å². The fourth-order valence-corrected chi connectivity index (χ4v) is 4.49. The van der Waals surface area contributed by atoms with Crippen LogP contribution >= 0.6 is 24.0 Å². The summed E-state index contributed by atoms with van der Waals surface area (Å²) in [7, 11) is 0. The molecule has 0 radical (unpaired) electrons. The highest BCUT2D eigenvalue weighted by molar-refractivity contribution is 14.0. The number of hydrogen-bond acceptors (Lipinski definition) is 3. The smallest absolute Gasteiger partial charge is 0.193 e. The molecular weight excluding hydrogens is 463 g/mol. The quantitative estimate of drug-likeness (QED) is 0.280. The normalized spacial score (nSPS) is 26.8. The lowest BCUT2D eigenvalue weighted by atomic mass is 9.93. The molecule has 28 heavy (non-hydrogen) atoms. The molecule has 3 rings (SSSR count). The maximum Gasteiger partial charge on any atom is 0.193 e. The van der Waals surface area contributed by atoms with Crippen molar-refractivity contribution >= 4 is 29.9 Å². The zero-order valence-electron chi connectivity index (χ0n) is 17.9. The van der Waals surface area contributed by atoms with Crippen LogP contribution in [0, 0.1) is 11.8 Å². The Morgan fingerprint density at radius 2 is 2.07 bits per heavy atom. The zero-order chi connectivity index (χ0) is 19.1. The van der Waals surface area contributed by atoms with Crippen molar-refractivity contribution in [2.24, 2.45) is 16.8 Å². The molecule has 0 aromatic carbocycles. The first-order valence-corrected chi connectivity index (χ1v) is 10.9. The number of guanidine groups is 1. The van der Waals surface area contributed by atoms with E-state index in [1.54, 1.807) is 0 Å². The lowest BCUT2D eigenvalue weighted by Gasteiger charge is -2.39. The van der Waals surface area contributed by atoms with Crippen molar-refractivity contribution in [3.05, 3.63) is 18.7 Å². The van der Waals surface area contributed by atoms with Gasteiger partial charge in [0.15, 0.2) is 5.96 Å². The Kier molecular flexibility index (Phi) is 10.0. The highest BCUT2D eigenvalue weighted by Crippen LogP contribution is 2.27. The van der Waals surface area contributed by atoms with Gasteiger partial charge >= 0.3 is 0 Å². The van der Waals surface area contributed by atoms with Crippen LogP contribution in [0.3, 0.4) is 0 Å². The number of nitrogens with one attached hydrogen (secondary N) is 1. The van der Waals surface area contributed by atoms with E-state index in [1.807, 2.05) is 12.5 Å². The molecule has 2 aliphatic heterocycles. The molecule has 0 saturated carbocycles. The van der Waals surface area contributed by atoms with E-state index in [-0.39, 0.29) is 24.0 Å². The van der Waals surface area contributed by atoms with E-state index in [2.05, 4.69) is 51.6 Å². The van der Waals surface area contributed by atoms with E-state index in [0.29, 0.717) is 12.0 Å². The molecular formula is C21H39IN6. The monoisotopic (exact) mass is 502 g/mol. The number of likely N-dealkylation sites (tertiary alicyclic amines) is 2. The molecule has 3 heterocycles. The van der Waals surface area contributed by atoms with Gasteiger partial charge in [0.1, 0.15) is 0 Å². The van der Waals surface area contributed by atoms with E-state index in [0.717, 1.165) is 44.5 Å². The van der Waals surface area contributed by atoms with Crippen LogP contribution in [-0.4, -0.2) is 71.1 Å². The third-order valence-corrected chi connectivity index (χ3v) is 6.10. The lowest BCUT2D eigenvalue weighted by Crippen LogP contribution is -2.49. The van der Waals surface area contributed by atoms with Gasteiger partial charge in [-0.05, 0) is 57.5 Å². The molecule has 0 aliphatic carbocycles. The Morgan fingerprint density at radius 1 is 1.21 bits per heavy atom. The van der Waals surface area contributed by atoms with Gasteiger partial charge in [0.05, 0.1) is 12.4 Å².